The van der Waals surface area contributed by atoms with E-state index in [1.807, 2.05) is 0 Å². The van der Waals surface area contributed by atoms with Crippen LogP contribution in [0.1, 0.15) is 12.8 Å². The van der Waals surface area contributed by atoms with Crippen molar-refractivity contribution in [2.24, 2.45) is 23.0 Å². The van der Waals surface area contributed by atoms with Crippen molar-refractivity contribution in [2.75, 3.05) is 0 Å². The summed E-state index contributed by atoms with van der Waals surface area (Å²) in [5.41, 5.74) is 3.98. The Balaban J connectivity index is 2.12. The number of carbonyl (C=O) groups excluding carboxylic acids is 5. The fourth-order valence-corrected chi connectivity index (χ4v) is 3.44. The lowest BCUT2D eigenvalue weighted by molar-refractivity contribution is -0.148. The van der Waals surface area contributed by atoms with Gasteiger partial charge < -0.3 is 5.73 Å². The molecule has 4 N–H and O–H groups in total. The lowest BCUT2D eigenvalue weighted by atomic mass is 9.60. The van der Waals surface area contributed by atoms with Crippen molar-refractivity contribution in [1.29, 1.82) is 0 Å². The summed E-state index contributed by atoms with van der Waals surface area (Å²) < 4.78 is 0. The van der Waals surface area contributed by atoms with Crippen molar-refractivity contribution < 1.29 is 24.0 Å². The highest BCUT2D eigenvalue weighted by Crippen LogP contribution is 2.48. The molecule has 8 nitrogen and oxygen atoms in total. The van der Waals surface area contributed by atoms with Crippen molar-refractivity contribution in [3.05, 3.63) is 23.8 Å². The van der Waals surface area contributed by atoms with Gasteiger partial charge in [-0.3, -0.25) is 34.6 Å². The first-order valence-electron chi connectivity index (χ1n) is 6.76. The lowest BCUT2D eigenvalue weighted by Gasteiger charge is -2.41. The third-order valence-electron chi connectivity index (χ3n) is 4.44. The molecule has 1 aliphatic carbocycles. The lowest BCUT2D eigenvalue weighted by Crippen LogP contribution is -2.57. The minimum absolute atomic E-state index is 0.0423. The zero-order valence-corrected chi connectivity index (χ0v) is 11.4. The summed E-state index contributed by atoms with van der Waals surface area (Å²) in [4.78, 5) is 59.6. The molecular weight excluding hydrogens is 290 g/mol. The number of allylic oxidation sites excluding steroid dienone is 2. The minimum atomic E-state index is -1.65. The second kappa shape index (κ2) is 4.62. The molecule has 0 aromatic heterocycles. The van der Waals surface area contributed by atoms with Crippen molar-refractivity contribution >= 4 is 29.5 Å². The fraction of sp³-hybridized carbons (Fsp3) is 0.357. The van der Waals surface area contributed by atoms with Crippen LogP contribution in [0.2, 0.25) is 0 Å². The fourth-order valence-electron chi connectivity index (χ4n) is 3.44. The summed E-state index contributed by atoms with van der Waals surface area (Å²) in [5.74, 6) is -5.37. The van der Waals surface area contributed by atoms with Gasteiger partial charge in [0.2, 0.25) is 23.6 Å². The standard InChI is InChI=1S/C14H13N3O5/c15-13(22)14(7-3-4-8(18)16-11(7)20)5-1-2-6-9(14)12(21)17-10(6)19/h1-2,5,7,9H,3-4H2,(H2,15,22)(H,16,18,20)(H,17,19,21). The van der Waals surface area contributed by atoms with E-state index in [1.54, 1.807) is 0 Å². The molecule has 0 aromatic rings. The van der Waals surface area contributed by atoms with Crippen LogP contribution in [-0.2, 0) is 24.0 Å². The molecule has 114 valence electrons. The van der Waals surface area contributed by atoms with E-state index in [0.717, 1.165) is 0 Å². The molecule has 22 heavy (non-hydrogen) atoms. The summed E-state index contributed by atoms with van der Waals surface area (Å²) in [6.07, 6.45) is 4.39. The van der Waals surface area contributed by atoms with Crippen LogP contribution in [0.3, 0.4) is 0 Å². The summed E-state index contributed by atoms with van der Waals surface area (Å²) in [7, 11) is 0. The first-order valence-corrected chi connectivity index (χ1v) is 6.76. The van der Waals surface area contributed by atoms with Crippen molar-refractivity contribution in [3.63, 3.8) is 0 Å². The molecule has 2 fully saturated rings. The molecular formula is C14H13N3O5. The van der Waals surface area contributed by atoms with Gasteiger partial charge in [0.15, 0.2) is 0 Å². The van der Waals surface area contributed by atoms with E-state index in [0.29, 0.717) is 0 Å². The Kier molecular flexibility index (Phi) is 2.98. The number of hydrogen-bond acceptors (Lipinski definition) is 5. The van der Waals surface area contributed by atoms with Gasteiger partial charge in [-0.2, -0.15) is 0 Å². The second-order valence-corrected chi connectivity index (χ2v) is 5.53. The predicted molar refractivity (Wildman–Crippen MR) is 71.4 cm³/mol. The average Bonchev–Trinajstić information content (AvgIpc) is 2.74. The molecule has 0 spiro atoms. The zero-order chi connectivity index (χ0) is 16.1. The molecule has 2 aliphatic heterocycles. The van der Waals surface area contributed by atoms with Gasteiger partial charge in [-0.05, 0) is 6.42 Å². The van der Waals surface area contributed by atoms with E-state index in [9.17, 15) is 24.0 Å². The van der Waals surface area contributed by atoms with Crippen LogP contribution in [0, 0.1) is 17.3 Å². The van der Waals surface area contributed by atoms with Gasteiger partial charge >= 0.3 is 0 Å². The summed E-state index contributed by atoms with van der Waals surface area (Å²) in [6, 6.07) is 0. The van der Waals surface area contributed by atoms with Crippen LogP contribution >= 0.6 is 0 Å². The van der Waals surface area contributed by atoms with E-state index in [2.05, 4.69) is 10.6 Å². The highest BCUT2D eigenvalue weighted by molar-refractivity contribution is 6.18. The topological polar surface area (TPSA) is 135 Å². The minimum Gasteiger partial charge on any atom is -0.369 e. The highest BCUT2D eigenvalue weighted by Gasteiger charge is 2.60. The molecule has 3 unspecified atom stereocenters. The predicted octanol–water partition coefficient (Wildman–Crippen LogP) is -1.72. The maximum absolute atomic E-state index is 12.2. The van der Waals surface area contributed by atoms with Gasteiger partial charge in [-0.1, -0.05) is 18.2 Å². The smallest absolute Gasteiger partial charge is 0.254 e. The van der Waals surface area contributed by atoms with Gasteiger partial charge in [0.25, 0.3) is 5.91 Å². The third kappa shape index (κ3) is 1.73. The summed E-state index contributed by atoms with van der Waals surface area (Å²) >= 11 is 0. The van der Waals surface area contributed by atoms with Crippen LogP contribution in [-0.4, -0.2) is 29.5 Å². The van der Waals surface area contributed by atoms with Gasteiger partial charge in [-0.25, -0.2) is 0 Å². The Hall–Kier alpha value is -2.77. The molecule has 0 bridgehead atoms. The van der Waals surface area contributed by atoms with E-state index in [1.165, 1.54) is 18.2 Å². The van der Waals surface area contributed by atoms with E-state index in [4.69, 9.17) is 5.73 Å². The van der Waals surface area contributed by atoms with Crippen LogP contribution in [0.4, 0.5) is 0 Å². The molecule has 8 heteroatoms. The molecule has 2 heterocycles. The van der Waals surface area contributed by atoms with E-state index < -0.39 is 46.8 Å². The number of amides is 5. The molecule has 0 aromatic carbocycles. The Morgan fingerprint density at radius 1 is 1.18 bits per heavy atom. The van der Waals surface area contributed by atoms with Gasteiger partial charge in [0.1, 0.15) is 0 Å². The van der Waals surface area contributed by atoms with Crippen LogP contribution in [0.25, 0.3) is 0 Å². The number of primary amides is 1. The van der Waals surface area contributed by atoms with Crippen LogP contribution in [0.5, 0.6) is 0 Å². The van der Waals surface area contributed by atoms with E-state index >= 15 is 0 Å². The first-order chi connectivity index (χ1) is 10.4. The van der Waals surface area contributed by atoms with Crippen molar-refractivity contribution in [1.82, 2.24) is 10.6 Å². The molecule has 0 radical (unpaired) electrons. The molecule has 2 saturated heterocycles. The summed E-state index contributed by atoms with van der Waals surface area (Å²) in [5, 5.41) is 4.30. The largest absolute Gasteiger partial charge is 0.369 e. The first kappa shape index (κ1) is 14.2. The number of imide groups is 2. The number of fused-ring (bicyclic) bond motifs is 1. The van der Waals surface area contributed by atoms with Gasteiger partial charge in [-0.15, -0.1) is 0 Å². The molecule has 3 rings (SSSR count). The number of nitrogens with two attached hydrogens (primary N) is 1. The number of nitrogens with one attached hydrogen (secondary N) is 2. The number of rotatable bonds is 2. The molecule has 0 saturated carbocycles. The van der Waals surface area contributed by atoms with Gasteiger partial charge in [0, 0.05) is 12.0 Å². The normalized spacial score (nSPS) is 33.9. The van der Waals surface area contributed by atoms with E-state index in [-0.39, 0.29) is 18.4 Å². The Bertz CT molecular complexity index is 693. The number of hydrogen-bond donors (Lipinski definition) is 3. The zero-order valence-electron chi connectivity index (χ0n) is 11.4. The Morgan fingerprint density at radius 2 is 1.91 bits per heavy atom. The van der Waals surface area contributed by atoms with Crippen LogP contribution in [0.15, 0.2) is 23.8 Å². The monoisotopic (exact) mass is 303 g/mol. The Morgan fingerprint density at radius 3 is 2.55 bits per heavy atom. The highest BCUT2D eigenvalue weighted by atomic mass is 16.2. The molecule has 3 atom stereocenters. The number of carbonyl (C=O) groups is 5. The van der Waals surface area contributed by atoms with Crippen molar-refractivity contribution in [2.45, 2.75) is 12.8 Å². The van der Waals surface area contributed by atoms with Gasteiger partial charge in [0.05, 0.1) is 17.3 Å². The average molecular weight is 303 g/mol. The SMILES string of the molecule is NC(=O)C1(C2CCC(=O)NC2=O)C=CC=C2C(=O)NC(=O)C21. The summed E-state index contributed by atoms with van der Waals surface area (Å²) in [6.45, 7) is 0. The maximum atomic E-state index is 12.2. The van der Waals surface area contributed by atoms with Crippen LogP contribution < -0.4 is 16.4 Å². The third-order valence-corrected chi connectivity index (χ3v) is 4.44. The molecule has 3 aliphatic rings. The molecule has 5 amide bonds. The Labute approximate surface area is 124 Å². The van der Waals surface area contributed by atoms with Crippen molar-refractivity contribution in [3.8, 4) is 0 Å². The quantitative estimate of drug-likeness (QED) is 0.521. The second-order valence-electron chi connectivity index (χ2n) is 5.53. The maximum Gasteiger partial charge on any atom is 0.254 e. The number of piperidine rings is 1.